The van der Waals surface area contributed by atoms with Gasteiger partial charge in [0.15, 0.2) is 0 Å². The zero-order valence-corrected chi connectivity index (χ0v) is 18.3. The van der Waals surface area contributed by atoms with Crippen LogP contribution in [0.3, 0.4) is 0 Å². The summed E-state index contributed by atoms with van der Waals surface area (Å²) in [7, 11) is -4.53. The Labute approximate surface area is 177 Å². The number of esters is 1. The van der Waals surface area contributed by atoms with Gasteiger partial charge in [-0.1, -0.05) is 51.2 Å². The molecule has 0 spiro atoms. The molecule has 0 atom stereocenters. The minimum absolute atomic E-state index is 0. The smallest absolute Gasteiger partial charge is 0.744 e. The van der Waals surface area contributed by atoms with Gasteiger partial charge in [-0.25, -0.2) is 8.42 Å². The third-order valence-corrected chi connectivity index (χ3v) is 4.11. The molecule has 0 bridgehead atoms. The summed E-state index contributed by atoms with van der Waals surface area (Å²) in [5.41, 5.74) is 0. The van der Waals surface area contributed by atoms with Crippen LogP contribution < -0.4 is 29.6 Å². The summed E-state index contributed by atoms with van der Waals surface area (Å²) in [5, 5.41) is 17.3. The molecule has 0 amide bonds. The first-order valence-electron chi connectivity index (χ1n) is 8.33. The number of benzene rings is 1. The van der Waals surface area contributed by atoms with E-state index >= 15 is 0 Å². The van der Waals surface area contributed by atoms with Crippen LogP contribution in [-0.2, 0) is 19.6 Å². The van der Waals surface area contributed by atoms with Crippen LogP contribution in [0.2, 0.25) is 0 Å². The SMILES string of the molecule is CCCCCCCCC(=O)OCCO.O=S(=O)([O-])c1ccccc1O.[Na+]. The fourth-order valence-corrected chi connectivity index (χ4v) is 2.52. The van der Waals surface area contributed by atoms with Gasteiger partial charge in [0.05, 0.1) is 11.5 Å². The maximum atomic E-state index is 11.0. The Balaban J connectivity index is 0. The molecule has 0 aliphatic carbocycles. The van der Waals surface area contributed by atoms with E-state index < -0.39 is 20.8 Å². The van der Waals surface area contributed by atoms with Crippen LogP contribution in [0, 0.1) is 0 Å². The largest absolute Gasteiger partial charge is 1.00 e. The summed E-state index contributed by atoms with van der Waals surface area (Å²) >= 11 is 0. The summed E-state index contributed by atoms with van der Waals surface area (Å²) in [4.78, 5) is 10.4. The second-order valence-corrected chi connectivity index (χ2v) is 6.73. The number of aromatic hydroxyl groups is 1. The number of carbonyl (C=O) groups excluding carboxylic acids is 1. The summed E-state index contributed by atoms with van der Waals surface area (Å²) in [6.07, 6.45) is 7.52. The second-order valence-electron chi connectivity index (χ2n) is 5.38. The monoisotopic (exact) mass is 398 g/mol. The first-order chi connectivity index (χ1) is 11.8. The molecule has 1 aromatic carbocycles. The summed E-state index contributed by atoms with van der Waals surface area (Å²) in [5.74, 6) is -0.697. The molecule has 0 aliphatic heterocycles. The van der Waals surface area contributed by atoms with E-state index in [2.05, 4.69) is 6.92 Å². The van der Waals surface area contributed by atoms with E-state index in [1.165, 1.54) is 37.8 Å². The van der Waals surface area contributed by atoms with E-state index in [1.807, 2.05) is 0 Å². The van der Waals surface area contributed by atoms with Gasteiger partial charge in [0, 0.05) is 6.42 Å². The Morgan fingerprint density at radius 1 is 1.12 bits per heavy atom. The van der Waals surface area contributed by atoms with E-state index in [4.69, 9.17) is 14.9 Å². The maximum absolute atomic E-state index is 11.0. The molecule has 0 saturated heterocycles. The zero-order valence-electron chi connectivity index (χ0n) is 15.5. The normalized spacial score (nSPS) is 10.3. The van der Waals surface area contributed by atoms with Gasteiger partial charge in [0.1, 0.15) is 22.5 Å². The number of aliphatic hydroxyl groups is 1. The molecule has 0 aliphatic rings. The van der Waals surface area contributed by atoms with E-state index in [0.29, 0.717) is 6.42 Å². The summed E-state index contributed by atoms with van der Waals surface area (Å²) in [6.45, 7) is 2.24. The Kier molecular flexibility index (Phi) is 17.5. The minimum atomic E-state index is -4.53. The number of para-hydroxylation sites is 1. The fraction of sp³-hybridized carbons (Fsp3) is 0.588. The minimum Gasteiger partial charge on any atom is -0.744 e. The third kappa shape index (κ3) is 14.5. The van der Waals surface area contributed by atoms with Crippen LogP contribution in [0.4, 0.5) is 0 Å². The molecular formula is C17H27NaO7S. The Morgan fingerprint density at radius 2 is 1.69 bits per heavy atom. The molecule has 0 fully saturated rings. The molecule has 0 unspecified atom stereocenters. The first kappa shape index (κ1) is 27.6. The number of rotatable bonds is 10. The molecule has 0 aromatic heterocycles. The molecular weight excluding hydrogens is 371 g/mol. The van der Waals surface area contributed by atoms with Gasteiger partial charge in [-0.3, -0.25) is 4.79 Å². The van der Waals surface area contributed by atoms with Crippen molar-refractivity contribution in [1.29, 1.82) is 0 Å². The predicted molar refractivity (Wildman–Crippen MR) is 92.1 cm³/mol. The molecule has 26 heavy (non-hydrogen) atoms. The van der Waals surface area contributed by atoms with Crippen molar-refractivity contribution in [2.75, 3.05) is 13.2 Å². The molecule has 0 radical (unpaired) electrons. The standard InChI is InChI=1S/C11H22O3.C6H6O4S.Na/c1-2-3-4-5-6-7-8-11(13)14-10-9-12;7-5-3-1-2-4-6(5)11(8,9)10;/h12H,2-10H2,1H3;1-4,7H,(H,8,9,10);/q;;+1/p-1. The number of hydrogen-bond acceptors (Lipinski definition) is 7. The molecule has 1 aromatic rings. The van der Waals surface area contributed by atoms with Gasteiger partial charge in [-0.15, -0.1) is 0 Å². The Morgan fingerprint density at radius 3 is 2.19 bits per heavy atom. The Hall–Kier alpha value is -0.640. The van der Waals surface area contributed by atoms with Crippen molar-refractivity contribution in [3.8, 4) is 5.75 Å². The number of unbranched alkanes of at least 4 members (excludes halogenated alkanes) is 5. The van der Waals surface area contributed by atoms with Crippen LogP contribution in [0.1, 0.15) is 51.9 Å². The third-order valence-electron chi connectivity index (χ3n) is 3.22. The predicted octanol–water partition coefficient (Wildman–Crippen LogP) is -0.427. The molecule has 0 heterocycles. The van der Waals surface area contributed by atoms with Crippen molar-refractivity contribution < 1.29 is 62.3 Å². The van der Waals surface area contributed by atoms with Crippen LogP contribution >= 0.6 is 0 Å². The number of aliphatic hydroxyl groups excluding tert-OH is 1. The number of ether oxygens (including phenoxy) is 1. The van der Waals surface area contributed by atoms with Gasteiger partial charge < -0.3 is 19.5 Å². The molecule has 1 rings (SSSR count). The van der Waals surface area contributed by atoms with Crippen LogP contribution in [0.5, 0.6) is 5.75 Å². The van der Waals surface area contributed by atoms with E-state index in [-0.39, 0.29) is 48.7 Å². The van der Waals surface area contributed by atoms with Gasteiger partial charge in [-0.05, 0) is 18.6 Å². The first-order valence-corrected chi connectivity index (χ1v) is 9.74. The average Bonchev–Trinajstić information content (AvgIpc) is 2.56. The van der Waals surface area contributed by atoms with Gasteiger partial charge in [0.25, 0.3) is 0 Å². The van der Waals surface area contributed by atoms with Crippen molar-refractivity contribution in [1.82, 2.24) is 0 Å². The van der Waals surface area contributed by atoms with Gasteiger partial charge in [0.2, 0.25) is 0 Å². The van der Waals surface area contributed by atoms with Crippen LogP contribution in [0.15, 0.2) is 29.2 Å². The molecule has 2 N–H and O–H groups in total. The van der Waals surface area contributed by atoms with Crippen molar-refractivity contribution in [3.05, 3.63) is 24.3 Å². The van der Waals surface area contributed by atoms with E-state index in [1.54, 1.807) is 0 Å². The van der Waals surface area contributed by atoms with E-state index in [9.17, 15) is 17.8 Å². The van der Waals surface area contributed by atoms with Gasteiger partial charge >= 0.3 is 35.5 Å². The van der Waals surface area contributed by atoms with E-state index in [0.717, 1.165) is 25.0 Å². The van der Waals surface area contributed by atoms with Crippen LogP contribution in [0.25, 0.3) is 0 Å². The van der Waals surface area contributed by atoms with Crippen LogP contribution in [-0.4, -0.2) is 42.4 Å². The zero-order chi connectivity index (χ0) is 19.1. The second kappa shape index (κ2) is 16.5. The number of phenols is 1. The number of phenolic OH excluding ortho intramolecular Hbond substituents is 1. The Bertz CT molecular complexity index is 591. The maximum Gasteiger partial charge on any atom is 1.00 e. The molecule has 144 valence electrons. The topological polar surface area (TPSA) is 124 Å². The molecule has 9 heteroatoms. The number of carbonyl (C=O) groups is 1. The summed E-state index contributed by atoms with van der Waals surface area (Å²) in [6, 6.07) is 5.00. The molecule has 0 saturated carbocycles. The summed E-state index contributed by atoms with van der Waals surface area (Å²) < 4.78 is 35.7. The average molecular weight is 398 g/mol. The van der Waals surface area contributed by atoms with Crippen molar-refractivity contribution in [3.63, 3.8) is 0 Å². The van der Waals surface area contributed by atoms with Gasteiger partial charge in [-0.2, -0.15) is 0 Å². The van der Waals surface area contributed by atoms with Crippen molar-refractivity contribution >= 4 is 16.1 Å². The number of hydrogen-bond donors (Lipinski definition) is 2. The fourth-order valence-electron chi connectivity index (χ4n) is 1.95. The molecule has 7 nitrogen and oxygen atoms in total. The van der Waals surface area contributed by atoms with Crippen molar-refractivity contribution in [2.24, 2.45) is 0 Å². The quantitative estimate of drug-likeness (QED) is 0.237. The van der Waals surface area contributed by atoms with Crippen molar-refractivity contribution in [2.45, 2.75) is 56.8 Å².